The number of hydrogen-bond donors (Lipinski definition) is 1. The van der Waals surface area contributed by atoms with Gasteiger partial charge in [-0.25, -0.2) is 0 Å². The number of rotatable bonds is 20. The van der Waals surface area contributed by atoms with E-state index in [1.54, 1.807) is 0 Å². The Labute approximate surface area is 204 Å². The smallest absolute Gasteiger partial charge is 0.309 e. The fraction of sp³-hybridized carbons (Fsp3) is 0.931. The average molecular weight is 467 g/mol. The summed E-state index contributed by atoms with van der Waals surface area (Å²) in [6, 6.07) is 0. The van der Waals surface area contributed by atoms with Crippen molar-refractivity contribution in [3.8, 4) is 0 Å². The lowest BCUT2D eigenvalue weighted by Crippen LogP contribution is -2.29. The van der Waals surface area contributed by atoms with Crippen LogP contribution in [0.25, 0.3) is 0 Å². The molecule has 194 valence electrons. The third-order valence-electron chi connectivity index (χ3n) is 7.38. The quantitative estimate of drug-likeness (QED) is 0.144. The molecule has 0 aromatic rings. The lowest BCUT2D eigenvalue weighted by atomic mass is 9.82. The molecular formula is C29H54O4. The summed E-state index contributed by atoms with van der Waals surface area (Å²) in [6.07, 6.45) is 22.6. The van der Waals surface area contributed by atoms with Crippen LogP contribution in [0.1, 0.15) is 149 Å². The largest absolute Gasteiger partial charge is 0.481 e. The molecular weight excluding hydrogens is 412 g/mol. The molecule has 0 aromatic carbocycles. The lowest BCUT2D eigenvalue weighted by Gasteiger charge is -2.27. The van der Waals surface area contributed by atoms with Crippen LogP contribution < -0.4 is 0 Å². The molecule has 1 N–H and O–H groups in total. The topological polar surface area (TPSA) is 63.6 Å². The second kappa shape index (κ2) is 19.3. The van der Waals surface area contributed by atoms with Crippen LogP contribution >= 0.6 is 0 Å². The fourth-order valence-electron chi connectivity index (χ4n) is 5.06. The van der Waals surface area contributed by atoms with Crippen molar-refractivity contribution >= 4 is 11.9 Å². The van der Waals surface area contributed by atoms with E-state index in [0.29, 0.717) is 25.7 Å². The van der Waals surface area contributed by atoms with Crippen molar-refractivity contribution in [1.82, 2.24) is 0 Å². The van der Waals surface area contributed by atoms with Crippen LogP contribution in [0.3, 0.4) is 0 Å². The van der Waals surface area contributed by atoms with Gasteiger partial charge < -0.3 is 9.84 Å². The standard InChI is InChI=1S/C29H54O4/c1-4-5-6-7-8-9-10-11-12-15-18-27(19-16-13-14-17-24(2)3)33-29(32)26-22-20-25(21-23-26)28(30)31/h24-27H,4-23H2,1-3H3,(H,30,31). The molecule has 0 radical (unpaired) electrons. The van der Waals surface area contributed by atoms with Crippen LogP contribution in [0.5, 0.6) is 0 Å². The fourth-order valence-corrected chi connectivity index (χ4v) is 5.06. The molecule has 0 aliphatic heterocycles. The van der Waals surface area contributed by atoms with Gasteiger partial charge in [0.2, 0.25) is 0 Å². The minimum Gasteiger partial charge on any atom is -0.481 e. The number of hydrogen-bond acceptors (Lipinski definition) is 3. The number of carboxylic acid groups (broad SMARTS) is 1. The third-order valence-corrected chi connectivity index (χ3v) is 7.38. The van der Waals surface area contributed by atoms with Gasteiger partial charge in [-0.2, -0.15) is 0 Å². The lowest BCUT2D eigenvalue weighted by molar-refractivity contribution is -0.158. The van der Waals surface area contributed by atoms with Crippen LogP contribution in [0.4, 0.5) is 0 Å². The zero-order chi connectivity index (χ0) is 24.3. The maximum atomic E-state index is 12.8. The summed E-state index contributed by atoms with van der Waals surface area (Å²) >= 11 is 0. The van der Waals surface area contributed by atoms with Crippen molar-refractivity contribution in [2.45, 2.75) is 155 Å². The van der Waals surface area contributed by atoms with E-state index in [-0.39, 0.29) is 23.9 Å². The molecule has 1 unspecified atom stereocenters. The summed E-state index contributed by atoms with van der Waals surface area (Å²) < 4.78 is 6.01. The molecule has 0 spiro atoms. The van der Waals surface area contributed by atoms with Crippen LogP contribution in [0.2, 0.25) is 0 Å². The van der Waals surface area contributed by atoms with Gasteiger partial charge in [-0.15, -0.1) is 0 Å². The van der Waals surface area contributed by atoms with Gasteiger partial charge in [0.25, 0.3) is 0 Å². The van der Waals surface area contributed by atoms with Crippen molar-refractivity contribution in [2.75, 3.05) is 0 Å². The van der Waals surface area contributed by atoms with Gasteiger partial charge in [-0.05, 0) is 57.3 Å². The van der Waals surface area contributed by atoms with E-state index in [0.717, 1.165) is 31.6 Å². The Bertz CT molecular complexity index is 494. The zero-order valence-electron chi connectivity index (χ0n) is 22.1. The van der Waals surface area contributed by atoms with Gasteiger partial charge in [0.05, 0.1) is 11.8 Å². The first-order valence-electron chi connectivity index (χ1n) is 14.4. The first-order valence-corrected chi connectivity index (χ1v) is 14.4. The van der Waals surface area contributed by atoms with Gasteiger partial charge in [0, 0.05) is 0 Å². The average Bonchev–Trinajstić information content (AvgIpc) is 2.79. The predicted molar refractivity (Wildman–Crippen MR) is 137 cm³/mol. The molecule has 1 rings (SSSR count). The Balaban J connectivity index is 2.30. The molecule has 0 aromatic heterocycles. The zero-order valence-corrected chi connectivity index (χ0v) is 22.1. The first-order chi connectivity index (χ1) is 15.9. The van der Waals surface area contributed by atoms with Crippen LogP contribution in [-0.2, 0) is 14.3 Å². The third kappa shape index (κ3) is 15.5. The Kier molecular flexibility index (Phi) is 17.5. The molecule has 0 saturated heterocycles. The number of esters is 1. The predicted octanol–water partition coefficient (Wildman–Crippen LogP) is 8.71. The van der Waals surface area contributed by atoms with Crippen molar-refractivity contribution in [3.05, 3.63) is 0 Å². The Morgan fingerprint density at radius 2 is 1.12 bits per heavy atom. The van der Waals surface area contributed by atoms with Crippen LogP contribution in [0.15, 0.2) is 0 Å². The van der Waals surface area contributed by atoms with Gasteiger partial charge in [-0.3, -0.25) is 9.59 Å². The van der Waals surface area contributed by atoms with E-state index >= 15 is 0 Å². The number of carbonyl (C=O) groups excluding carboxylic acids is 1. The van der Waals surface area contributed by atoms with Crippen LogP contribution in [0, 0.1) is 17.8 Å². The first kappa shape index (κ1) is 30.0. The Morgan fingerprint density at radius 3 is 1.61 bits per heavy atom. The highest BCUT2D eigenvalue weighted by atomic mass is 16.5. The summed E-state index contributed by atoms with van der Waals surface area (Å²) in [5, 5.41) is 9.19. The molecule has 4 nitrogen and oxygen atoms in total. The normalized spacial score (nSPS) is 19.5. The Morgan fingerprint density at radius 1 is 0.697 bits per heavy atom. The summed E-state index contributed by atoms with van der Waals surface area (Å²) in [7, 11) is 0. The molecule has 0 bridgehead atoms. The summed E-state index contributed by atoms with van der Waals surface area (Å²) in [6.45, 7) is 6.81. The van der Waals surface area contributed by atoms with Crippen molar-refractivity contribution in [3.63, 3.8) is 0 Å². The summed E-state index contributed by atoms with van der Waals surface area (Å²) in [4.78, 5) is 24.0. The van der Waals surface area contributed by atoms with Gasteiger partial charge in [0.1, 0.15) is 6.10 Å². The molecule has 1 fully saturated rings. The SMILES string of the molecule is CCCCCCCCCCCCC(CCCCCC(C)C)OC(=O)C1CCC(C(=O)O)CC1. The number of unbranched alkanes of at least 4 members (excludes halogenated alkanes) is 11. The van der Waals surface area contributed by atoms with Gasteiger partial charge in [-0.1, -0.05) is 97.8 Å². The Hall–Kier alpha value is -1.06. The van der Waals surface area contributed by atoms with Crippen LogP contribution in [-0.4, -0.2) is 23.1 Å². The second-order valence-corrected chi connectivity index (χ2v) is 10.9. The number of aliphatic carboxylic acids is 1. The molecule has 0 heterocycles. The highest BCUT2D eigenvalue weighted by Crippen LogP contribution is 2.30. The monoisotopic (exact) mass is 466 g/mol. The highest BCUT2D eigenvalue weighted by molar-refractivity contribution is 5.74. The molecule has 4 heteroatoms. The summed E-state index contributed by atoms with van der Waals surface area (Å²) in [5.41, 5.74) is 0. The van der Waals surface area contributed by atoms with Crippen molar-refractivity contribution in [1.29, 1.82) is 0 Å². The number of ether oxygens (including phenoxy) is 1. The van der Waals surface area contributed by atoms with E-state index < -0.39 is 5.97 Å². The summed E-state index contributed by atoms with van der Waals surface area (Å²) in [5.74, 6) is -0.416. The van der Waals surface area contributed by atoms with E-state index in [4.69, 9.17) is 4.74 Å². The van der Waals surface area contributed by atoms with E-state index in [1.165, 1.54) is 77.0 Å². The molecule has 1 aliphatic rings. The van der Waals surface area contributed by atoms with Crippen molar-refractivity contribution < 1.29 is 19.4 Å². The molecule has 33 heavy (non-hydrogen) atoms. The van der Waals surface area contributed by atoms with E-state index in [1.807, 2.05) is 0 Å². The second-order valence-electron chi connectivity index (χ2n) is 10.9. The van der Waals surface area contributed by atoms with E-state index in [9.17, 15) is 14.7 Å². The molecule has 1 saturated carbocycles. The maximum Gasteiger partial charge on any atom is 0.309 e. The van der Waals surface area contributed by atoms with E-state index in [2.05, 4.69) is 20.8 Å². The molecule has 1 atom stereocenters. The number of carboxylic acids is 1. The van der Waals surface area contributed by atoms with Gasteiger partial charge in [0.15, 0.2) is 0 Å². The number of carbonyl (C=O) groups is 2. The highest BCUT2D eigenvalue weighted by Gasteiger charge is 2.31. The minimum atomic E-state index is -0.720. The minimum absolute atomic E-state index is 0.0443. The molecule has 0 amide bonds. The van der Waals surface area contributed by atoms with Crippen molar-refractivity contribution in [2.24, 2.45) is 17.8 Å². The van der Waals surface area contributed by atoms with Gasteiger partial charge >= 0.3 is 11.9 Å². The molecule has 1 aliphatic carbocycles. The maximum absolute atomic E-state index is 12.8.